The highest BCUT2D eigenvalue weighted by atomic mass is 32.1. The molecule has 0 bridgehead atoms. The van der Waals surface area contributed by atoms with Crippen molar-refractivity contribution in [1.82, 2.24) is 20.1 Å². The van der Waals surface area contributed by atoms with Gasteiger partial charge in [-0.25, -0.2) is 4.98 Å². The smallest absolute Gasteiger partial charge is 0.107 e. The van der Waals surface area contributed by atoms with Gasteiger partial charge in [0.2, 0.25) is 0 Å². The van der Waals surface area contributed by atoms with Crippen molar-refractivity contribution >= 4 is 11.3 Å². The molecule has 0 aliphatic heterocycles. The lowest BCUT2D eigenvalue weighted by molar-refractivity contribution is 0.365. The predicted molar refractivity (Wildman–Crippen MR) is 90.8 cm³/mol. The van der Waals surface area contributed by atoms with E-state index in [0.29, 0.717) is 12.1 Å². The Bertz CT molecular complexity index is 691. The number of rotatable bonds is 6. The average Bonchev–Trinajstić information content (AvgIpc) is 3.24. The van der Waals surface area contributed by atoms with Gasteiger partial charge in [0.25, 0.3) is 0 Å². The molecule has 0 aliphatic rings. The Morgan fingerprint density at radius 2 is 2.00 bits per heavy atom. The van der Waals surface area contributed by atoms with Crippen LogP contribution in [-0.2, 0) is 6.54 Å². The first-order chi connectivity index (χ1) is 10.7. The normalized spacial score (nSPS) is 13.9. The summed E-state index contributed by atoms with van der Waals surface area (Å²) in [6.07, 6.45) is 3.82. The number of nitrogens with one attached hydrogen (secondary N) is 1. The summed E-state index contributed by atoms with van der Waals surface area (Å²) in [6.45, 7) is 5.13. The molecule has 0 radical (unpaired) electrons. The number of hydrogen-bond donors (Lipinski definition) is 1. The second-order valence-corrected chi connectivity index (χ2v) is 6.33. The van der Waals surface area contributed by atoms with E-state index < -0.39 is 0 Å². The maximum Gasteiger partial charge on any atom is 0.107 e. The van der Waals surface area contributed by atoms with E-state index in [2.05, 4.69) is 41.8 Å². The summed E-state index contributed by atoms with van der Waals surface area (Å²) in [6, 6.07) is 12.9. The lowest BCUT2D eigenvalue weighted by Crippen LogP contribution is -2.33. The van der Waals surface area contributed by atoms with E-state index in [1.807, 2.05) is 41.3 Å². The molecule has 2 aromatic heterocycles. The molecule has 2 heterocycles. The van der Waals surface area contributed by atoms with Crippen molar-refractivity contribution in [1.29, 1.82) is 0 Å². The van der Waals surface area contributed by atoms with Crippen molar-refractivity contribution in [3.05, 3.63) is 59.2 Å². The molecule has 0 aliphatic carbocycles. The van der Waals surface area contributed by atoms with E-state index in [4.69, 9.17) is 4.98 Å². The fraction of sp³-hybridized carbons (Fsp3) is 0.294. The lowest BCUT2D eigenvalue weighted by atomic mass is 10.2. The predicted octanol–water partition coefficient (Wildman–Crippen LogP) is 3.75. The molecular weight excluding hydrogens is 292 g/mol. The molecule has 0 saturated carbocycles. The van der Waals surface area contributed by atoms with Gasteiger partial charge >= 0.3 is 0 Å². The zero-order chi connectivity index (χ0) is 15.4. The Labute approximate surface area is 134 Å². The molecule has 3 rings (SSSR count). The summed E-state index contributed by atoms with van der Waals surface area (Å²) < 4.78 is 1.98. The van der Waals surface area contributed by atoms with E-state index in [0.717, 1.165) is 17.2 Å². The molecule has 1 N–H and O–H groups in total. The average molecular weight is 312 g/mol. The monoisotopic (exact) mass is 312 g/mol. The Balaban J connectivity index is 1.59. The Hall–Kier alpha value is -1.98. The zero-order valence-corrected chi connectivity index (χ0v) is 13.6. The highest BCUT2D eigenvalue weighted by Gasteiger charge is 2.14. The van der Waals surface area contributed by atoms with Crippen LogP contribution >= 0.6 is 11.3 Å². The van der Waals surface area contributed by atoms with E-state index in [1.54, 1.807) is 11.3 Å². The topological polar surface area (TPSA) is 42.7 Å². The highest BCUT2D eigenvalue weighted by Crippen LogP contribution is 2.21. The molecule has 0 fully saturated rings. The zero-order valence-electron chi connectivity index (χ0n) is 12.8. The fourth-order valence-electron chi connectivity index (χ4n) is 2.30. The molecule has 1 aromatic carbocycles. The summed E-state index contributed by atoms with van der Waals surface area (Å²) >= 11 is 1.70. The third kappa shape index (κ3) is 3.43. The van der Waals surface area contributed by atoms with E-state index in [-0.39, 0.29) is 0 Å². The van der Waals surface area contributed by atoms with Gasteiger partial charge in [-0.1, -0.05) is 30.3 Å². The molecule has 5 heteroatoms. The van der Waals surface area contributed by atoms with Crippen LogP contribution < -0.4 is 5.32 Å². The van der Waals surface area contributed by atoms with Crippen molar-refractivity contribution in [2.75, 3.05) is 0 Å². The van der Waals surface area contributed by atoms with Gasteiger partial charge in [0.05, 0.1) is 11.7 Å². The van der Waals surface area contributed by atoms with Crippen molar-refractivity contribution in [2.45, 2.75) is 32.5 Å². The molecular formula is C17H20N4S. The first kappa shape index (κ1) is 14.9. The standard InChI is InChI=1S/C17H20N4S/c1-13(14(2)21-10-6-9-19-21)18-11-17-20-16(12-22-17)15-7-4-3-5-8-15/h3-10,12-14,18H,11H2,1-2H3. The molecule has 3 aromatic rings. The maximum absolute atomic E-state index is 4.71. The molecule has 2 unspecified atom stereocenters. The SMILES string of the molecule is CC(NCc1nc(-c2ccccc2)cs1)C(C)n1cccn1. The molecule has 4 nitrogen and oxygen atoms in total. The van der Waals surface area contributed by atoms with Crippen molar-refractivity contribution in [3.8, 4) is 11.3 Å². The van der Waals surface area contributed by atoms with E-state index in [1.165, 1.54) is 5.56 Å². The first-order valence-corrected chi connectivity index (χ1v) is 8.34. The van der Waals surface area contributed by atoms with Gasteiger partial charge in [-0.2, -0.15) is 5.10 Å². The van der Waals surface area contributed by atoms with Gasteiger partial charge in [0.1, 0.15) is 5.01 Å². The summed E-state index contributed by atoms with van der Waals surface area (Å²) in [5, 5.41) is 11.1. The highest BCUT2D eigenvalue weighted by molar-refractivity contribution is 7.09. The van der Waals surface area contributed by atoms with Crippen LogP contribution in [0.5, 0.6) is 0 Å². The maximum atomic E-state index is 4.71. The van der Waals surface area contributed by atoms with Crippen LogP contribution in [0.1, 0.15) is 24.9 Å². The van der Waals surface area contributed by atoms with Crippen LogP contribution in [0.25, 0.3) is 11.3 Å². The quantitative estimate of drug-likeness (QED) is 0.754. The second-order valence-electron chi connectivity index (χ2n) is 5.39. The van der Waals surface area contributed by atoms with Crippen LogP contribution in [0, 0.1) is 0 Å². The van der Waals surface area contributed by atoms with Gasteiger partial charge in [0.15, 0.2) is 0 Å². The molecule has 0 saturated heterocycles. The summed E-state index contributed by atoms with van der Waals surface area (Å²) in [7, 11) is 0. The van der Waals surface area contributed by atoms with Gasteiger partial charge in [-0.15, -0.1) is 11.3 Å². The molecule has 114 valence electrons. The van der Waals surface area contributed by atoms with Gasteiger partial charge < -0.3 is 5.32 Å². The molecule has 22 heavy (non-hydrogen) atoms. The Morgan fingerprint density at radius 3 is 2.73 bits per heavy atom. The Morgan fingerprint density at radius 1 is 1.18 bits per heavy atom. The van der Waals surface area contributed by atoms with Crippen molar-refractivity contribution in [2.24, 2.45) is 0 Å². The largest absolute Gasteiger partial charge is 0.306 e. The minimum atomic E-state index is 0.309. The number of nitrogens with zero attached hydrogens (tertiary/aromatic N) is 3. The van der Waals surface area contributed by atoms with Crippen LogP contribution in [0.3, 0.4) is 0 Å². The molecule has 0 spiro atoms. The summed E-state index contributed by atoms with van der Waals surface area (Å²) in [5.41, 5.74) is 2.22. The van der Waals surface area contributed by atoms with Gasteiger partial charge in [-0.05, 0) is 19.9 Å². The lowest BCUT2D eigenvalue weighted by Gasteiger charge is -2.21. The third-order valence-electron chi connectivity index (χ3n) is 3.86. The fourth-order valence-corrected chi connectivity index (χ4v) is 3.06. The van der Waals surface area contributed by atoms with Gasteiger partial charge in [-0.3, -0.25) is 4.68 Å². The van der Waals surface area contributed by atoms with Gasteiger partial charge in [0, 0.05) is 35.9 Å². The minimum absolute atomic E-state index is 0.309. The summed E-state index contributed by atoms with van der Waals surface area (Å²) in [5.74, 6) is 0. The molecule has 2 atom stereocenters. The van der Waals surface area contributed by atoms with Crippen LogP contribution in [-0.4, -0.2) is 20.8 Å². The van der Waals surface area contributed by atoms with Crippen molar-refractivity contribution in [3.63, 3.8) is 0 Å². The summed E-state index contributed by atoms with van der Waals surface area (Å²) in [4.78, 5) is 4.71. The second kappa shape index (κ2) is 6.85. The molecule has 0 amide bonds. The van der Waals surface area contributed by atoms with E-state index >= 15 is 0 Å². The van der Waals surface area contributed by atoms with Crippen LogP contribution in [0.2, 0.25) is 0 Å². The minimum Gasteiger partial charge on any atom is -0.306 e. The first-order valence-electron chi connectivity index (χ1n) is 7.46. The number of aromatic nitrogens is 3. The van der Waals surface area contributed by atoms with Crippen molar-refractivity contribution < 1.29 is 0 Å². The van der Waals surface area contributed by atoms with Crippen LogP contribution in [0.4, 0.5) is 0 Å². The third-order valence-corrected chi connectivity index (χ3v) is 4.71. The van der Waals surface area contributed by atoms with Crippen LogP contribution in [0.15, 0.2) is 54.2 Å². The Kier molecular flexibility index (Phi) is 4.65. The number of thiazole rings is 1. The number of benzene rings is 1. The number of hydrogen-bond acceptors (Lipinski definition) is 4. The van der Waals surface area contributed by atoms with E-state index in [9.17, 15) is 0 Å².